The lowest BCUT2D eigenvalue weighted by molar-refractivity contribution is 0.313. The Balaban J connectivity index is 1.90. The molecular weight excluding hydrogens is 756 g/mol. The molecule has 0 spiro atoms. The number of hydrogen-bond donors (Lipinski definition) is 0. The van der Waals surface area contributed by atoms with Crippen LogP contribution >= 0.6 is 0 Å². The van der Waals surface area contributed by atoms with E-state index in [9.17, 15) is 0 Å². The molecule has 0 fully saturated rings. The van der Waals surface area contributed by atoms with Gasteiger partial charge in [-0.1, -0.05) is 0 Å². The van der Waals surface area contributed by atoms with Gasteiger partial charge in [0.15, 0.2) is 46.0 Å². The number of hydrogen-bond acceptors (Lipinski definition) is 15. The minimum absolute atomic E-state index is 0.169. The first-order valence-corrected chi connectivity index (χ1v) is 17.5. The van der Waals surface area contributed by atoms with Crippen LogP contribution in [0, 0.1) is 0 Å². The molecular formula is C43H48O15. The van der Waals surface area contributed by atoms with Crippen LogP contribution in [0.5, 0.6) is 97.7 Å². The van der Waals surface area contributed by atoms with Crippen molar-refractivity contribution < 1.29 is 71.1 Å². The van der Waals surface area contributed by atoms with E-state index in [1.807, 2.05) is 0 Å². The van der Waals surface area contributed by atoms with E-state index in [1.165, 1.54) is 64.0 Å². The number of methoxy groups -OCH3 is 13. The molecule has 5 aromatic carbocycles. The lowest BCUT2D eigenvalue weighted by atomic mass is 9.91. The normalized spacial score (nSPS) is 10.5. The van der Waals surface area contributed by atoms with Gasteiger partial charge in [0.1, 0.15) is 28.7 Å². The monoisotopic (exact) mass is 804 g/mol. The van der Waals surface area contributed by atoms with Gasteiger partial charge in [0.05, 0.1) is 98.0 Å². The summed E-state index contributed by atoms with van der Waals surface area (Å²) < 4.78 is 88.6. The third kappa shape index (κ3) is 8.01. The molecule has 0 heterocycles. The van der Waals surface area contributed by atoms with Crippen LogP contribution in [0.1, 0.15) is 0 Å². The molecule has 0 aliphatic rings. The Labute approximate surface area is 337 Å². The zero-order valence-corrected chi connectivity index (χ0v) is 34.8. The van der Waals surface area contributed by atoms with Crippen molar-refractivity contribution in [1.29, 1.82) is 0 Å². The largest absolute Gasteiger partial charge is 0.496 e. The molecule has 0 saturated carbocycles. The topological polar surface area (TPSA) is 138 Å². The van der Waals surface area contributed by atoms with E-state index in [4.69, 9.17) is 71.1 Å². The van der Waals surface area contributed by atoms with E-state index in [1.54, 1.807) is 83.0 Å². The highest BCUT2D eigenvalue weighted by Gasteiger charge is 2.31. The van der Waals surface area contributed by atoms with Gasteiger partial charge in [0.25, 0.3) is 0 Å². The molecule has 5 aromatic rings. The van der Waals surface area contributed by atoms with E-state index in [0.717, 1.165) is 0 Å². The van der Waals surface area contributed by atoms with Crippen molar-refractivity contribution in [3.63, 3.8) is 0 Å². The van der Waals surface area contributed by atoms with Crippen molar-refractivity contribution in [2.24, 2.45) is 0 Å². The molecule has 0 aromatic heterocycles. The molecule has 0 atom stereocenters. The number of ether oxygens (including phenoxy) is 15. The van der Waals surface area contributed by atoms with Crippen LogP contribution in [-0.4, -0.2) is 92.4 Å². The van der Waals surface area contributed by atoms with Gasteiger partial charge in [-0.2, -0.15) is 0 Å². The highest BCUT2D eigenvalue weighted by atomic mass is 16.6. The van der Waals surface area contributed by atoms with Crippen molar-refractivity contribution in [1.82, 2.24) is 0 Å². The van der Waals surface area contributed by atoms with Crippen LogP contribution in [0.15, 0.2) is 54.6 Å². The van der Waals surface area contributed by atoms with Gasteiger partial charge in [-0.3, -0.25) is 0 Å². The maximum absolute atomic E-state index is 6.69. The summed E-state index contributed by atoms with van der Waals surface area (Å²) in [5.41, 5.74) is 2.09. The molecule has 0 unspecified atom stereocenters. The smallest absolute Gasteiger partial charge is 0.212 e. The summed E-state index contributed by atoms with van der Waals surface area (Å²) in [6.07, 6.45) is 0. The Hall–Kier alpha value is -6.90. The summed E-state index contributed by atoms with van der Waals surface area (Å²) in [6.45, 7) is 0. The molecule has 0 aliphatic carbocycles. The molecule has 15 heteroatoms. The van der Waals surface area contributed by atoms with Crippen LogP contribution in [0.2, 0.25) is 0 Å². The average Bonchev–Trinajstić information content (AvgIpc) is 3.27. The van der Waals surface area contributed by atoms with E-state index < -0.39 is 0 Å². The van der Waals surface area contributed by atoms with Crippen LogP contribution < -0.4 is 71.1 Å². The van der Waals surface area contributed by atoms with Gasteiger partial charge in [-0.15, -0.1) is 0 Å². The second kappa shape index (κ2) is 18.8. The van der Waals surface area contributed by atoms with Crippen LogP contribution in [0.25, 0.3) is 22.3 Å². The lowest BCUT2D eigenvalue weighted by Gasteiger charge is -2.25. The molecule has 58 heavy (non-hydrogen) atoms. The summed E-state index contributed by atoms with van der Waals surface area (Å²) in [5, 5.41) is 0. The van der Waals surface area contributed by atoms with E-state index >= 15 is 0 Å². The van der Waals surface area contributed by atoms with Gasteiger partial charge in [0, 0.05) is 47.5 Å². The molecule has 15 nitrogen and oxygen atoms in total. The van der Waals surface area contributed by atoms with Gasteiger partial charge in [0.2, 0.25) is 23.0 Å². The molecule has 5 rings (SSSR count). The maximum Gasteiger partial charge on any atom is 0.212 e. The maximum atomic E-state index is 6.69. The Bertz CT molecular complexity index is 2130. The van der Waals surface area contributed by atoms with Crippen LogP contribution in [-0.2, 0) is 0 Å². The third-order valence-electron chi connectivity index (χ3n) is 9.11. The summed E-state index contributed by atoms with van der Waals surface area (Å²) in [7, 11) is 19.8. The van der Waals surface area contributed by atoms with E-state index in [0.29, 0.717) is 74.0 Å². The van der Waals surface area contributed by atoms with Gasteiger partial charge in [-0.05, 0) is 23.8 Å². The third-order valence-corrected chi connectivity index (χ3v) is 9.11. The zero-order valence-electron chi connectivity index (χ0n) is 34.8. The van der Waals surface area contributed by atoms with Gasteiger partial charge in [-0.25, -0.2) is 0 Å². The van der Waals surface area contributed by atoms with Crippen LogP contribution in [0.3, 0.4) is 0 Å². The first-order valence-electron chi connectivity index (χ1n) is 17.5. The van der Waals surface area contributed by atoms with Crippen LogP contribution in [0.4, 0.5) is 0 Å². The summed E-state index contributed by atoms with van der Waals surface area (Å²) >= 11 is 0. The highest BCUT2D eigenvalue weighted by molar-refractivity contribution is 5.96. The average molecular weight is 805 g/mol. The minimum atomic E-state index is 0.169. The second-order valence-corrected chi connectivity index (χ2v) is 11.9. The molecule has 310 valence electrons. The Morgan fingerprint density at radius 2 is 0.534 bits per heavy atom. The predicted octanol–water partition coefficient (Wildman–Crippen LogP) is 8.72. The lowest BCUT2D eigenvalue weighted by Crippen LogP contribution is -2.04. The summed E-state index contributed by atoms with van der Waals surface area (Å²) in [4.78, 5) is 0. The number of rotatable bonds is 19. The van der Waals surface area contributed by atoms with Gasteiger partial charge >= 0.3 is 0 Å². The first kappa shape index (κ1) is 42.2. The summed E-state index contributed by atoms with van der Waals surface area (Å²) in [6, 6.07) is 15.5. The molecule has 0 N–H and O–H groups in total. The van der Waals surface area contributed by atoms with Crippen molar-refractivity contribution in [3.05, 3.63) is 54.6 Å². The van der Waals surface area contributed by atoms with Crippen molar-refractivity contribution in [2.45, 2.75) is 0 Å². The Morgan fingerprint density at radius 1 is 0.241 bits per heavy atom. The second-order valence-electron chi connectivity index (χ2n) is 11.9. The molecule has 0 radical (unpaired) electrons. The first-order chi connectivity index (χ1) is 28.1. The van der Waals surface area contributed by atoms with Crippen molar-refractivity contribution in [2.75, 3.05) is 92.4 Å². The Morgan fingerprint density at radius 3 is 0.845 bits per heavy atom. The SMILES string of the molecule is COc1cc(OC)c(Oc2c(OC)cc(-c3c(-c4c(OC)cc(OC)cc4OC)cc(OC)c(Oc4c(OC)cc(OC)cc4OC)c3OC)cc2OC)c(OC)c1. The fraction of sp³-hybridized carbons (Fsp3) is 0.302. The molecule has 0 bridgehead atoms. The molecule has 0 amide bonds. The summed E-state index contributed by atoms with van der Waals surface area (Å²) in [5.74, 6) is 5.56. The minimum Gasteiger partial charge on any atom is -0.496 e. The Kier molecular flexibility index (Phi) is 13.7. The van der Waals surface area contributed by atoms with Gasteiger partial charge < -0.3 is 71.1 Å². The molecule has 0 aliphatic heterocycles. The fourth-order valence-electron chi connectivity index (χ4n) is 6.29. The zero-order chi connectivity index (χ0) is 42.1. The quantitative estimate of drug-likeness (QED) is 0.0786. The van der Waals surface area contributed by atoms with Crippen molar-refractivity contribution >= 4 is 0 Å². The fourth-order valence-corrected chi connectivity index (χ4v) is 6.29. The van der Waals surface area contributed by atoms with E-state index in [2.05, 4.69) is 0 Å². The van der Waals surface area contributed by atoms with Crippen molar-refractivity contribution in [3.8, 4) is 120 Å². The predicted molar refractivity (Wildman–Crippen MR) is 216 cm³/mol. The number of benzene rings is 5. The highest BCUT2D eigenvalue weighted by Crippen LogP contribution is 2.58. The van der Waals surface area contributed by atoms with E-state index in [-0.39, 0.29) is 46.0 Å². The standard InChI is InChI=1S/C43H48O15/c1-44-24-16-28(47-4)38(29(17-24)48-5)27-22-36(55-12)42(58-41-34(53-10)20-26(46-3)21-35(41)54-11)43(56-13)37(27)23-14-30(49-6)39(31(15-23)50-7)57-40-32(51-8)18-25(45-2)19-33(40)52-9/h14-22H,1-13H3. The molecule has 0 saturated heterocycles.